The van der Waals surface area contributed by atoms with E-state index in [4.69, 9.17) is 9.47 Å². The van der Waals surface area contributed by atoms with Gasteiger partial charge in [0.05, 0.1) is 27.2 Å². The van der Waals surface area contributed by atoms with Crippen LogP contribution in [-0.4, -0.2) is 39.4 Å². The van der Waals surface area contributed by atoms with Crippen LogP contribution >= 0.6 is 0 Å². The fraction of sp³-hybridized carbons (Fsp3) is 0.533. The summed E-state index contributed by atoms with van der Waals surface area (Å²) >= 11 is 0. The van der Waals surface area contributed by atoms with E-state index in [-0.39, 0.29) is 6.54 Å². The zero-order chi connectivity index (χ0) is 17.3. The molecule has 0 saturated carbocycles. The molecule has 0 spiro atoms. The summed E-state index contributed by atoms with van der Waals surface area (Å²) < 4.78 is 46.9. The van der Waals surface area contributed by atoms with Gasteiger partial charge < -0.3 is 20.1 Å². The monoisotopic (exact) mass is 333 g/mol. The van der Waals surface area contributed by atoms with Crippen molar-refractivity contribution in [3.63, 3.8) is 0 Å². The Morgan fingerprint density at radius 2 is 1.83 bits per heavy atom. The van der Waals surface area contributed by atoms with Gasteiger partial charge in [-0.3, -0.25) is 0 Å². The number of nitrogens with one attached hydrogen (secondary N) is 2. The molecule has 0 heterocycles. The van der Waals surface area contributed by atoms with Gasteiger partial charge >= 0.3 is 6.18 Å². The molecule has 130 valence electrons. The highest BCUT2D eigenvalue weighted by atomic mass is 19.4. The second-order valence-electron chi connectivity index (χ2n) is 4.68. The molecule has 0 bridgehead atoms. The van der Waals surface area contributed by atoms with Gasteiger partial charge in [-0.2, -0.15) is 13.2 Å². The van der Waals surface area contributed by atoms with Crippen LogP contribution in [0.2, 0.25) is 0 Å². The molecule has 8 heteroatoms. The third kappa shape index (κ3) is 7.12. The molecule has 0 unspecified atom stereocenters. The molecule has 1 aromatic rings. The Morgan fingerprint density at radius 3 is 2.39 bits per heavy atom. The molecule has 0 saturated heterocycles. The van der Waals surface area contributed by atoms with Gasteiger partial charge in [-0.1, -0.05) is 6.07 Å². The summed E-state index contributed by atoms with van der Waals surface area (Å²) in [6.45, 7) is 2.49. The lowest BCUT2D eigenvalue weighted by Crippen LogP contribution is -2.38. The van der Waals surface area contributed by atoms with E-state index in [1.807, 2.05) is 13.0 Å². The average Bonchev–Trinajstić information content (AvgIpc) is 2.51. The van der Waals surface area contributed by atoms with Gasteiger partial charge in [0.1, 0.15) is 0 Å². The van der Waals surface area contributed by atoms with Crippen LogP contribution in [0, 0.1) is 0 Å². The molecule has 1 aromatic carbocycles. The standard InChI is InChI=1S/C15H22F3N3O2/c1-4-19-14(20-8-7-15(16,17)18)21-10-11-5-6-12(22-2)13(9-11)23-3/h5-6,9H,4,7-8,10H2,1-3H3,(H2,19,20,21). The minimum absolute atomic E-state index is 0.221. The minimum atomic E-state index is -4.19. The zero-order valence-electron chi connectivity index (χ0n) is 13.5. The lowest BCUT2D eigenvalue weighted by molar-refractivity contribution is -0.132. The van der Waals surface area contributed by atoms with Crippen LogP contribution in [0.4, 0.5) is 13.2 Å². The Balaban J connectivity index is 2.69. The van der Waals surface area contributed by atoms with Gasteiger partial charge in [0, 0.05) is 13.1 Å². The summed E-state index contributed by atoms with van der Waals surface area (Å²) in [5.41, 5.74) is 0.857. The molecular weight excluding hydrogens is 311 g/mol. The van der Waals surface area contributed by atoms with Crippen molar-refractivity contribution in [3.8, 4) is 11.5 Å². The Bertz CT molecular complexity index is 519. The van der Waals surface area contributed by atoms with Crippen molar-refractivity contribution in [2.75, 3.05) is 27.3 Å². The van der Waals surface area contributed by atoms with Gasteiger partial charge in [0.25, 0.3) is 0 Å². The van der Waals surface area contributed by atoms with Gasteiger partial charge in [-0.05, 0) is 24.6 Å². The highest BCUT2D eigenvalue weighted by Crippen LogP contribution is 2.27. The average molecular weight is 333 g/mol. The van der Waals surface area contributed by atoms with E-state index in [1.165, 1.54) is 7.11 Å². The molecule has 23 heavy (non-hydrogen) atoms. The number of methoxy groups -OCH3 is 2. The predicted octanol–water partition coefficient (Wildman–Crippen LogP) is 2.71. The summed E-state index contributed by atoms with van der Waals surface area (Å²) in [7, 11) is 3.08. The summed E-state index contributed by atoms with van der Waals surface area (Å²) in [6.07, 6.45) is -5.10. The maximum Gasteiger partial charge on any atom is 0.390 e. The van der Waals surface area contributed by atoms with Gasteiger partial charge in [-0.15, -0.1) is 0 Å². The highest BCUT2D eigenvalue weighted by molar-refractivity contribution is 5.79. The third-order valence-corrected chi connectivity index (χ3v) is 2.91. The van der Waals surface area contributed by atoms with Gasteiger partial charge in [0.2, 0.25) is 0 Å². The Morgan fingerprint density at radius 1 is 1.13 bits per heavy atom. The fourth-order valence-electron chi connectivity index (χ4n) is 1.81. The van der Waals surface area contributed by atoms with Crippen LogP contribution < -0.4 is 20.1 Å². The first-order valence-corrected chi connectivity index (χ1v) is 7.19. The second kappa shape index (κ2) is 9.12. The van der Waals surface area contributed by atoms with E-state index < -0.39 is 12.6 Å². The quantitative estimate of drug-likeness (QED) is 0.595. The van der Waals surface area contributed by atoms with Gasteiger partial charge in [0.15, 0.2) is 17.5 Å². The number of hydrogen-bond acceptors (Lipinski definition) is 3. The minimum Gasteiger partial charge on any atom is -0.493 e. The van der Waals surface area contributed by atoms with Crippen molar-refractivity contribution in [1.82, 2.24) is 10.6 Å². The smallest absolute Gasteiger partial charge is 0.390 e. The predicted molar refractivity (Wildman–Crippen MR) is 83.0 cm³/mol. The van der Waals surface area contributed by atoms with Crippen molar-refractivity contribution in [1.29, 1.82) is 0 Å². The molecule has 0 aliphatic rings. The number of nitrogens with zero attached hydrogens (tertiary/aromatic N) is 1. The number of halogens is 3. The van der Waals surface area contributed by atoms with Crippen molar-refractivity contribution >= 4 is 5.96 Å². The van der Waals surface area contributed by atoms with Crippen LogP contribution in [-0.2, 0) is 6.54 Å². The molecular formula is C15H22F3N3O2. The SMILES string of the molecule is CCNC(=NCc1ccc(OC)c(OC)c1)NCCC(F)(F)F. The van der Waals surface area contributed by atoms with Crippen molar-refractivity contribution in [2.24, 2.45) is 4.99 Å². The Kier molecular flexibility index (Phi) is 7.50. The van der Waals surface area contributed by atoms with Gasteiger partial charge in [-0.25, -0.2) is 4.99 Å². The van der Waals surface area contributed by atoms with Crippen molar-refractivity contribution < 1.29 is 22.6 Å². The summed E-state index contributed by atoms with van der Waals surface area (Å²) in [6, 6.07) is 5.36. The second-order valence-corrected chi connectivity index (χ2v) is 4.68. The number of guanidine groups is 1. The molecule has 2 N–H and O–H groups in total. The maximum absolute atomic E-state index is 12.2. The maximum atomic E-state index is 12.2. The number of alkyl halides is 3. The zero-order valence-corrected chi connectivity index (χ0v) is 13.5. The topological polar surface area (TPSA) is 54.9 Å². The van der Waals surface area contributed by atoms with E-state index in [9.17, 15) is 13.2 Å². The summed E-state index contributed by atoms with van der Waals surface area (Å²) in [5.74, 6) is 1.53. The molecule has 0 fully saturated rings. The van der Waals surface area contributed by atoms with Crippen LogP contribution in [0.15, 0.2) is 23.2 Å². The van der Waals surface area contributed by atoms with E-state index in [0.717, 1.165) is 5.56 Å². The first-order chi connectivity index (χ1) is 10.9. The third-order valence-electron chi connectivity index (χ3n) is 2.91. The molecule has 5 nitrogen and oxygen atoms in total. The van der Waals surface area contributed by atoms with E-state index in [2.05, 4.69) is 15.6 Å². The molecule has 0 aliphatic carbocycles. The first kappa shape index (κ1) is 18.9. The molecule has 0 atom stereocenters. The summed E-state index contributed by atoms with van der Waals surface area (Å²) in [4.78, 5) is 4.26. The van der Waals surface area contributed by atoms with Crippen LogP contribution in [0.1, 0.15) is 18.9 Å². The molecule has 0 aliphatic heterocycles. The largest absolute Gasteiger partial charge is 0.493 e. The summed E-state index contributed by atoms with van der Waals surface area (Å²) in [5, 5.41) is 5.57. The lowest BCUT2D eigenvalue weighted by atomic mass is 10.2. The number of rotatable bonds is 7. The molecule has 0 amide bonds. The first-order valence-electron chi connectivity index (χ1n) is 7.19. The van der Waals surface area contributed by atoms with E-state index in [0.29, 0.717) is 30.5 Å². The highest BCUT2D eigenvalue weighted by Gasteiger charge is 2.26. The van der Waals surface area contributed by atoms with Crippen LogP contribution in [0.3, 0.4) is 0 Å². The number of ether oxygens (including phenoxy) is 2. The Hall–Kier alpha value is -2.12. The Labute approximate surface area is 133 Å². The number of benzene rings is 1. The molecule has 1 rings (SSSR count). The fourth-order valence-corrected chi connectivity index (χ4v) is 1.81. The van der Waals surface area contributed by atoms with E-state index in [1.54, 1.807) is 19.2 Å². The molecule has 0 radical (unpaired) electrons. The van der Waals surface area contributed by atoms with Crippen LogP contribution in [0.5, 0.6) is 11.5 Å². The molecule has 0 aromatic heterocycles. The van der Waals surface area contributed by atoms with Crippen LogP contribution in [0.25, 0.3) is 0 Å². The van der Waals surface area contributed by atoms with E-state index >= 15 is 0 Å². The normalized spacial score (nSPS) is 12.0. The number of hydrogen-bond donors (Lipinski definition) is 2. The van der Waals surface area contributed by atoms with Crippen molar-refractivity contribution in [3.05, 3.63) is 23.8 Å². The van der Waals surface area contributed by atoms with Crippen molar-refractivity contribution in [2.45, 2.75) is 26.1 Å². The number of aliphatic imine (C=N–C) groups is 1. The lowest BCUT2D eigenvalue weighted by Gasteiger charge is -2.13.